The summed E-state index contributed by atoms with van der Waals surface area (Å²) in [5.41, 5.74) is -1.50. The van der Waals surface area contributed by atoms with Gasteiger partial charge in [0.25, 0.3) is 5.91 Å². The number of benzene rings is 1. The number of furan rings is 1. The number of alkyl halides is 3. The van der Waals surface area contributed by atoms with Gasteiger partial charge in [-0.15, -0.1) is 0 Å². The molecule has 3 heterocycles. The van der Waals surface area contributed by atoms with Crippen molar-refractivity contribution in [2.75, 3.05) is 13.6 Å². The summed E-state index contributed by atoms with van der Waals surface area (Å²) in [4.78, 5) is 42.8. The summed E-state index contributed by atoms with van der Waals surface area (Å²) in [7, 11) is 1.35. The quantitative estimate of drug-likeness (QED) is 0.286. The molecule has 238 valence electrons. The van der Waals surface area contributed by atoms with Gasteiger partial charge in [-0.3, -0.25) is 9.59 Å². The van der Waals surface area contributed by atoms with Crippen LogP contribution in [0.25, 0.3) is 11.5 Å². The van der Waals surface area contributed by atoms with Crippen molar-refractivity contribution in [1.82, 2.24) is 25.1 Å². The van der Waals surface area contributed by atoms with Crippen LogP contribution < -0.4 is 10.6 Å². The molecule has 0 aliphatic carbocycles. The molecule has 1 aromatic carbocycles. The number of carbonyl (C=O) groups is 3. The fourth-order valence-electron chi connectivity index (χ4n) is 4.68. The molecule has 3 amide bonds. The minimum atomic E-state index is -4.84. The molecule has 0 unspecified atom stereocenters. The van der Waals surface area contributed by atoms with Crippen LogP contribution >= 0.6 is 0 Å². The van der Waals surface area contributed by atoms with E-state index >= 15 is 0 Å². The van der Waals surface area contributed by atoms with Gasteiger partial charge < -0.3 is 29.3 Å². The first kappa shape index (κ1) is 32.4. The maximum absolute atomic E-state index is 14.5. The van der Waals surface area contributed by atoms with Crippen LogP contribution in [0.1, 0.15) is 54.8 Å². The number of rotatable bonds is 7. The van der Waals surface area contributed by atoms with Crippen molar-refractivity contribution in [1.29, 1.82) is 0 Å². The number of nitrogens with one attached hydrogen (secondary N) is 2. The summed E-state index contributed by atoms with van der Waals surface area (Å²) in [5, 5.41) is 4.78. The number of imidazole rings is 1. The molecule has 0 saturated heterocycles. The Morgan fingerprint density at radius 2 is 1.73 bits per heavy atom. The number of nitrogens with zero attached hydrogens (tertiary/aromatic N) is 3. The van der Waals surface area contributed by atoms with E-state index in [1.807, 2.05) is 0 Å². The number of halogens is 6. The van der Waals surface area contributed by atoms with Crippen LogP contribution in [0.4, 0.5) is 31.1 Å². The number of ether oxygens (including phenoxy) is 1. The normalized spacial score (nSPS) is 14.2. The van der Waals surface area contributed by atoms with E-state index in [1.165, 1.54) is 24.1 Å². The lowest BCUT2D eigenvalue weighted by molar-refractivity contribution is -0.148. The van der Waals surface area contributed by atoms with Crippen LogP contribution in [-0.2, 0) is 35.2 Å². The molecular formula is C28H29F6N5O5. The van der Waals surface area contributed by atoms with E-state index in [9.17, 15) is 40.7 Å². The highest BCUT2D eigenvalue weighted by atomic mass is 19.4. The smallest absolute Gasteiger partial charge is 0.449 e. The van der Waals surface area contributed by atoms with Gasteiger partial charge in [-0.25, -0.2) is 22.9 Å². The standard InChI is InChI=1S/C28H29F6N5O5/c1-27(2,3)44-26(42)36-15(9-14-10-17(30)18(31)12-16(14)29)11-22(40)38-7-8-39-19(13-38)23(37-25(39)28(32,33)34)20-5-6-21(43-20)24(41)35-4/h5-6,10,12,15H,7-9,11,13H2,1-4H3,(H,35,41)(H,36,42)/t15-/m1/s1. The molecule has 1 atom stereocenters. The van der Waals surface area contributed by atoms with Crippen molar-refractivity contribution in [2.24, 2.45) is 0 Å². The van der Waals surface area contributed by atoms with Gasteiger partial charge in [-0.1, -0.05) is 0 Å². The molecule has 2 N–H and O–H groups in total. The highest BCUT2D eigenvalue weighted by Crippen LogP contribution is 2.36. The minimum Gasteiger partial charge on any atom is -0.449 e. The molecule has 4 rings (SSSR count). The number of hydrogen-bond donors (Lipinski definition) is 2. The average Bonchev–Trinajstić information content (AvgIpc) is 3.55. The number of hydrogen-bond acceptors (Lipinski definition) is 6. The molecule has 10 nitrogen and oxygen atoms in total. The van der Waals surface area contributed by atoms with E-state index in [0.29, 0.717) is 12.1 Å². The highest BCUT2D eigenvalue weighted by molar-refractivity contribution is 5.91. The van der Waals surface area contributed by atoms with Gasteiger partial charge in [0.2, 0.25) is 11.7 Å². The van der Waals surface area contributed by atoms with Crippen LogP contribution in [0, 0.1) is 17.5 Å². The van der Waals surface area contributed by atoms with Crippen molar-refractivity contribution < 1.29 is 49.9 Å². The predicted octanol–water partition coefficient (Wildman–Crippen LogP) is 4.81. The largest absolute Gasteiger partial charge is 0.449 e. The second kappa shape index (κ2) is 12.2. The molecule has 3 aromatic rings. The fourth-order valence-corrected chi connectivity index (χ4v) is 4.68. The SMILES string of the molecule is CNC(=O)c1ccc(-c2nc(C(F)(F)F)n3c2CN(C(=O)C[C@@H](Cc2cc(F)c(F)cc2F)NC(=O)OC(C)(C)C)CC3)o1. The van der Waals surface area contributed by atoms with E-state index in [0.717, 1.165) is 4.57 Å². The van der Waals surface area contributed by atoms with Crippen molar-refractivity contribution in [3.63, 3.8) is 0 Å². The second-order valence-corrected chi connectivity index (χ2v) is 11.0. The molecule has 0 bridgehead atoms. The lowest BCUT2D eigenvalue weighted by Crippen LogP contribution is -2.45. The Morgan fingerprint density at radius 1 is 1.05 bits per heavy atom. The van der Waals surface area contributed by atoms with Gasteiger partial charge in [0.1, 0.15) is 17.1 Å². The second-order valence-electron chi connectivity index (χ2n) is 11.0. The molecule has 0 spiro atoms. The van der Waals surface area contributed by atoms with Gasteiger partial charge in [-0.05, 0) is 51.0 Å². The maximum Gasteiger partial charge on any atom is 0.449 e. The van der Waals surface area contributed by atoms with E-state index in [-0.39, 0.29) is 48.1 Å². The number of carbonyl (C=O) groups excluding carboxylic acids is 3. The monoisotopic (exact) mass is 629 g/mol. The van der Waals surface area contributed by atoms with Crippen LogP contribution in [0.3, 0.4) is 0 Å². The molecule has 16 heteroatoms. The van der Waals surface area contributed by atoms with Gasteiger partial charge in [-0.2, -0.15) is 13.2 Å². The fraction of sp³-hybridized carbons (Fsp3) is 0.429. The third kappa shape index (κ3) is 7.34. The Labute approximate surface area is 247 Å². The lowest BCUT2D eigenvalue weighted by atomic mass is 10.0. The van der Waals surface area contributed by atoms with Crippen LogP contribution in [0.15, 0.2) is 28.7 Å². The molecule has 44 heavy (non-hydrogen) atoms. The highest BCUT2D eigenvalue weighted by Gasteiger charge is 2.41. The molecule has 2 aromatic heterocycles. The Kier molecular flexibility index (Phi) is 9.02. The first-order valence-electron chi connectivity index (χ1n) is 13.4. The molecule has 0 fully saturated rings. The third-order valence-electron chi connectivity index (χ3n) is 6.60. The summed E-state index contributed by atoms with van der Waals surface area (Å²) in [6.07, 6.45) is -6.73. The van der Waals surface area contributed by atoms with Gasteiger partial charge in [0.05, 0.1) is 12.2 Å². The van der Waals surface area contributed by atoms with Crippen LogP contribution in [0.5, 0.6) is 0 Å². The topological polar surface area (TPSA) is 119 Å². The van der Waals surface area contributed by atoms with E-state index in [4.69, 9.17) is 9.15 Å². The van der Waals surface area contributed by atoms with Crippen LogP contribution in [-0.4, -0.2) is 57.6 Å². The molecule has 1 aliphatic rings. The van der Waals surface area contributed by atoms with Crippen LogP contribution in [0.2, 0.25) is 0 Å². The molecule has 1 aliphatic heterocycles. The zero-order valence-corrected chi connectivity index (χ0v) is 24.1. The molecule has 0 radical (unpaired) electrons. The molecule has 0 saturated carbocycles. The van der Waals surface area contributed by atoms with Gasteiger partial charge >= 0.3 is 12.3 Å². The number of fused-ring (bicyclic) bond motifs is 1. The molecular weight excluding hydrogens is 600 g/mol. The first-order chi connectivity index (χ1) is 20.5. The van der Waals surface area contributed by atoms with Crippen molar-refractivity contribution in [2.45, 2.75) is 64.5 Å². The lowest BCUT2D eigenvalue weighted by Gasteiger charge is -2.31. The third-order valence-corrected chi connectivity index (χ3v) is 6.60. The summed E-state index contributed by atoms with van der Waals surface area (Å²) >= 11 is 0. The zero-order chi connectivity index (χ0) is 32.6. The van der Waals surface area contributed by atoms with E-state index in [2.05, 4.69) is 15.6 Å². The average molecular weight is 630 g/mol. The zero-order valence-electron chi connectivity index (χ0n) is 24.1. The predicted molar refractivity (Wildman–Crippen MR) is 142 cm³/mol. The van der Waals surface area contributed by atoms with Crippen molar-refractivity contribution in [3.05, 3.63) is 64.6 Å². The van der Waals surface area contributed by atoms with Crippen molar-refractivity contribution in [3.8, 4) is 11.5 Å². The summed E-state index contributed by atoms with van der Waals surface area (Å²) in [5.74, 6) is -6.63. The number of aromatic nitrogens is 2. The Bertz CT molecular complexity index is 1580. The van der Waals surface area contributed by atoms with E-state index in [1.54, 1.807) is 20.8 Å². The van der Waals surface area contributed by atoms with Crippen molar-refractivity contribution >= 4 is 17.9 Å². The maximum atomic E-state index is 14.5. The van der Waals surface area contributed by atoms with E-state index < -0.39 is 71.8 Å². The Morgan fingerprint density at radius 3 is 2.36 bits per heavy atom. The first-order valence-corrected chi connectivity index (χ1v) is 13.4. The minimum absolute atomic E-state index is 0.0157. The number of alkyl carbamates (subject to hydrolysis) is 1. The number of amides is 3. The Hall–Kier alpha value is -4.50. The Balaban J connectivity index is 1.61. The van der Waals surface area contributed by atoms with Gasteiger partial charge in [0, 0.05) is 38.7 Å². The van der Waals surface area contributed by atoms with Gasteiger partial charge in [0.15, 0.2) is 23.2 Å². The summed E-state index contributed by atoms with van der Waals surface area (Å²) in [6.45, 7) is 3.93. The summed E-state index contributed by atoms with van der Waals surface area (Å²) in [6, 6.07) is 2.33. The summed E-state index contributed by atoms with van der Waals surface area (Å²) < 4.78 is 95.0.